The van der Waals surface area contributed by atoms with Crippen molar-refractivity contribution in [1.82, 2.24) is 24.9 Å². The normalized spacial score (nSPS) is 19.1. The van der Waals surface area contributed by atoms with Crippen molar-refractivity contribution in [2.24, 2.45) is 7.05 Å². The maximum atomic E-state index is 12.5. The van der Waals surface area contributed by atoms with Crippen molar-refractivity contribution in [2.45, 2.75) is 25.8 Å². The Balaban J connectivity index is 1.88. The van der Waals surface area contributed by atoms with E-state index < -0.39 is 0 Å². The molecule has 0 radical (unpaired) electrons. The maximum absolute atomic E-state index is 12.5. The van der Waals surface area contributed by atoms with E-state index in [-0.39, 0.29) is 11.9 Å². The second-order valence-electron chi connectivity index (χ2n) is 5.00. The lowest BCUT2D eigenvalue weighted by Gasteiger charge is -2.23. The number of hydrogen-bond donors (Lipinski definition) is 1. The minimum atomic E-state index is -0.00269. The van der Waals surface area contributed by atoms with Gasteiger partial charge in [0.05, 0.1) is 17.9 Å². The first-order valence-corrected chi connectivity index (χ1v) is 6.47. The highest BCUT2D eigenvalue weighted by Crippen LogP contribution is 2.33. The topological polar surface area (TPSA) is 66.8 Å². The molecule has 1 amide bonds. The monoisotopic (exact) mass is 259 g/mol. The largest absolute Gasteiger partial charge is 0.329 e. The molecule has 1 aliphatic heterocycles. The van der Waals surface area contributed by atoms with E-state index >= 15 is 0 Å². The lowest BCUT2D eigenvalue weighted by Crippen LogP contribution is -2.31. The number of hydrogen-bond acceptors (Lipinski definition) is 3. The smallest absolute Gasteiger partial charge is 0.274 e. The van der Waals surface area contributed by atoms with Crippen molar-refractivity contribution < 1.29 is 4.79 Å². The fourth-order valence-electron chi connectivity index (χ4n) is 2.68. The van der Waals surface area contributed by atoms with Crippen LogP contribution < -0.4 is 0 Å². The summed E-state index contributed by atoms with van der Waals surface area (Å²) in [6, 6.07) is 1.86. The van der Waals surface area contributed by atoms with E-state index in [4.69, 9.17) is 0 Å². The van der Waals surface area contributed by atoms with Crippen LogP contribution in [0.5, 0.6) is 0 Å². The Morgan fingerprint density at radius 2 is 2.37 bits per heavy atom. The third kappa shape index (κ3) is 2.03. The average molecular weight is 259 g/mol. The molecule has 3 rings (SSSR count). The van der Waals surface area contributed by atoms with Gasteiger partial charge in [-0.1, -0.05) is 0 Å². The Morgan fingerprint density at radius 1 is 1.53 bits per heavy atom. The molecule has 1 atom stereocenters. The predicted octanol–water partition coefficient (Wildman–Crippen LogP) is 1.43. The van der Waals surface area contributed by atoms with Gasteiger partial charge in [0.25, 0.3) is 5.91 Å². The van der Waals surface area contributed by atoms with Gasteiger partial charge in [-0.15, -0.1) is 0 Å². The first-order chi connectivity index (χ1) is 9.16. The van der Waals surface area contributed by atoms with Crippen molar-refractivity contribution in [1.29, 1.82) is 0 Å². The molecule has 0 unspecified atom stereocenters. The minimum absolute atomic E-state index is 0.00269. The van der Waals surface area contributed by atoms with Crippen LogP contribution >= 0.6 is 0 Å². The van der Waals surface area contributed by atoms with Gasteiger partial charge in [-0.25, -0.2) is 0 Å². The summed E-state index contributed by atoms with van der Waals surface area (Å²) in [7, 11) is 1.82. The van der Waals surface area contributed by atoms with Crippen LogP contribution in [-0.4, -0.2) is 37.3 Å². The van der Waals surface area contributed by atoms with Crippen molar-refractivity contribution >= 4 is 5.91 Å². The molecule has 3 heterocycles. The van der Waals surface area contributed by atoms with E-state index in [1.807, 2.05) is 18.9 Å². The van der Waals surface area contributed by atoms with Crippen molar-refractivity contribution in [3.05, 3.63) is 35.4 Å². The van der Waals surface area contributed by atoms with Gasteiger partial charge in [0.1, 0.15) is 5.69 Å². The van der Waals surface area contributed by atoms with Crippen LogP contribution in [0.1, 0.15) is 40.6 Å². The number of rotatable bonds is 2. The highest BCUT2D eigenvalue weighted by atomic mass is 16.2. The highest BCUT2D eigenvalue weighted by Gasteiger charge is 2.33. The van der Waals surface area contributed by atoms with Gasteiger partial charge in [0, 0.05) is 19.8 Å². The summed E-state index contributed by atoms with van der Waals surface area (Å²) in [5, 5.41) is 11.3. The molecule has 0 saturated carbocycles. The molecule has 0 spiro atoms. The Kier molecular flexibility index (Phi) is 2.85. The Bertz CT molecular complexity index is 600. The lowest BCUT2D eigenvalue weighted by atomic mass is 10.1. The van der Waals surface area contributed by atoms with Gasteiger partial charge < -0.3 is 4.90 Å². The van der Waals surface area contributed by atoms with Gasteiger partial charge >= 0.3 is 0 Å². The molecule has 0 bridgehead atoms. The molecule has 6 heteroatoms. The molecule has 1 N–H and O–H groups in total. The summed E-state index contributed by atoms with van der Waals surface area (Å²) < 4.78 is 1.65. The number of amides is 1. The van der Waals surface area contributed by atoms with Crippen LogP contribution in [-0.2, 0) is 7.05 Å². The van der Waals surface area contributed by atoms with Gasteiger partial charge in [0.2, 0.25) is 0 Å². The van der Waals surface area contributed by atoms with E-state index in [2.05, 4.69) is 15.3 Å². The molecule has 2 aromatic rings. The van der Waals surface area contributed by atoms with Gasteiger partial charge in [0.15, 0.2) is 0 Å². The molecule has 0 aliphatic carbocycles. The van der Waals surface area contributed by atoms with Gasteiger partial charge in [-0.3, -0.25) is 14.6 Å². The average Bonchev–Trinajstić information content (AvgIpc) is 3.07. The Morgan fingerprint density at radius 3 is 3.00 bits per heavy atom. The van der Waals surface area contributed by atoms with E-state index in [1.165, 1.54) is 0 Å². The quantitative estimate of drug-likeness (QED) is 0.887. The fraction of sp³-hybridized carbons (Fsp3) is 0.462. The summed E-state index contributed by atoms with van der Waals surface area (Å²) in [6.07, 6.45) is 5.58. The number of carbonyl (C=O) groups excluding carboxylic acids is 1. The summed E-state index contributed by atoms with van der Waals surface area (Å²) in [5.74, 6) is -0.00269. The zero-order valence-electron chi connectivity index (χ0n) is 11.1. The molecule has 2 aromatic heterocycles. The van der Waals surface area contributed by atoms with Gasteiger partial charge in [-0.05, 0) is 31.4 Å². The number of aromatic amines is 1. The third-order valence-corrected chi connectivity index (χ3v) is 3.65. The molecule has 6 nitrogen and oxygen atoms in total. The summed E-state index contributed by atoms with van der Waals surface area (Å²) >= 11 is 0. The van der Waals surface area contributed by atoms with Crippen LogP contribution in [0.4, 0.5) is 0 Å². The summed E-state index contributed by atoms with van der Waals surface area (Å²) in [4.78, 5) is 14.4. The van der Waals surface area contributed by atoms with Crippen LogP contribution in [0.2, 0.25) is 0 Å². The Hall–Kier alpha value is -2.11. The van der Waals surface area contributed by atoms with Crippen LogP contribution in [0.25, 0.3) is 0 Å². The number of carbonyl (C=O) groups is 1. The molecular formula is C13H17N5O. The lowest BCUT2D eigenvalue weighted by molar-refractivity contribution is 0.0726. The summed E-state index contributed by atoms with van der Waals surface area (Å²) in [5.41, 5.74) is 2.65. The van der Waals surface area contributed by atoms with E-state index in [9.17, 15) is 4.79 Å². The summed E-state index contributed by atoms with van der Waals surface area (Å²) in [6.45, 7) is 2.79. The molecule has 1 saturated heterocycles. The maximum Gasteiger partial charge on any atom is 0.274 e. The standard InChI is InChI=1S/C13H17N5O/c1-9-8-14-15-12(9)11-4-3-6-18(11)13(19)10-5-7-17(2)16-10/h5,7-8,11H,3-4,6H2,1-2H3,(H,14,15)/t11-/m0/s1. The predicted molar refractivity (Wildman–Crippen MR) is 69.5 cm³/mol. The minimum Gasteiger partial charge on any atom is -0.329 e. The molecule has 100 valence electrons. The molecule has 1 aliphatic rings. The number of H-pyrrole nitrogens is 1. The van der Waals surface area contributed by atoms with Crippen molar-refractivity contribution in [2.75, 3.05) is 6.54 Å². The van der Waals surface area contributed by atoms with E-state index in [0.717, 1.165) is 30.6 Å². The molecule has 0 aromatic carbocycles. The molecule has 1 fully saturated rings. The fourth-order valence-corrected chi connectivity index (χ4v) is 2.68. The third-order valence-electron chi connectivity index (χ3n) is 3.65. The van der Waals surface area contributed by atoms with Crippen LogP contribution in [0.15, 0.2) is 18.5 Å². The van der Waals surface area contributed by atoms with Gasteiger partial charge in [-0.2, -0.15) is 10.2 Å². The Labute approximate surface area is 111 Å². The number of aromatic nitrogens is 4. The van der Waals surface area contributed by atoms with Crippen molar-refractivity contribution in [3.8, 4) is 0 Å². The zero-order valence-corrected chi connectivity index (χ0v) is 11.1. The van der Waals surface area contributed by atoms with Crippen LogP contribution in [0.3, 0.4) is 0 Å². The number of nitrogens with one attached hydrogen (secondary N) is 1. The second-order valence-corrected chi connectivity index (χ2v) is 5.00. The second kappa shape index (κ2) is 4.53. The van der Waals surface area contributed by atoms with E-state index in [1.54, 1.807) is 23.1 Å². The molecular weight excluding hydrogens is 242 g/mol. The first kappa shape index (κ1) is 12.0. The number of nitrogens with zero attached hydrogens (tertiary/aromatic N) is 4. The van der Waals surface area contributed by atoms with Crippen LogP contribution in [0, 0.1) is 6.92 Å². The first-order valence-electron chi connectivity index (χ1n) is 6.47. The van der Waals surface area contributed by atoms with E-state index in [0.29, 0.717) is 5.69 Å². The zero-order chi connectivity index (χ0) is 13.4. The SMILES string of the molecule is Cc1cn[nH]c1[C@@H]1CCCN1C(=O)c1ccn(C)n1. The van der Waals surface area contributed by atoms with Crippen molar-refractivity contribution in [3.63, 3.8) is 0 Å². The molecule has 19 heavy (non-hydrogen) atoms. The number of aryl methyl sites for hydroxylation is 2. The number of likely N-dealkylation sites (tertiary alicyclic amines) is 1. The highest BCUT2D eigenvalue weighted by molar-refractivity contribution is 5.92.